The van der Waals surface area contributed by atoms with Gasteiger partial charge in [-0.3, -0.25) is 9.69 Å². The first-order valence-electron chi connectivity index (χ1n) is 7.72. The molecule has 4 heteroatoms. The van der Waals surface area contributed by atoms with Gasteiger partial charge in [0.25, 0.3) is 0 Å². The molecule has 21 heavy (non-hydrogen) atoms. The van der Waals surface area contributed by atoms with Crippen molar-refractivity contribution < 1.29 is 4.79 Å². The standard InChI is InChI=1S/C17H21BrN2O/c18-15-8-5-14(6-9-15)7-10-17(21)20-13-3-4-16(20)19-11-1-2-12-19/h5-10,16H,1-4,11-13H2/b10-7+/t16-/m1/s1. The topological polar surface area (TPSA) is 23.6 Å². The van der Waals surface area contributed by atoms with E-state index in [1.807, 2.05) is 35.2 Å². The van der Waals surface area contributed by atoms with Gasteiger partial charge in [-0.15, -0.1) is 0 Å². The Bertz CT molecular complexity index is 520. The number of carbonyl (C=O) groups is 1. The highest BCUT2D eigenvalue weighted by atomic mass is 79.9. The Hall–Kier alpha value is -1.13. The zero-order chi connectivity index (χ0) is 14.7. The number of carbonyl (C=O) groups excluding carboxylic acids is 1. The molecule has 3 nitrogen and oxygen atoms in total. The molecule has 0 saturated carbocycles. The van der Waals surface area contributed by atoms with Gasteiger partial charge in [-0.25, -0.2) is 0 Å². The third-order valence-corrected chi connectivity index (χ3v) is 4.88. The maximum absolute atomic E-state index is 12.5. The number of rotatable bonds is 3. The third-order valence-electron chi connectivity index (χ3n) is 4.35. The molecule has 1 aromatic carbocycles. The molecule has 3 rings (SSSR count). The van der Waals surface area contributed by atoms with Gasteiger partial charge in [0.05, 0.1) is 6.17 Å². The fourth-order valence-electron chi connectivity index (χ4n) is 3.26. The second kappa shape index (κ2) is 6.75. The summed E-state index contributed by atoms with van der Waals surface area (Å²) in [6.07, 6.45) is 8.75. The Kier molecular flexibility index (Phi) is 4.76. The summed E-state index contributed by atoms with van der Waals surface area (Å²) in [6, 6.07) is 8.01. The summed E-state index contributed by atoms with van der Waals surface area (Å²) in [4.78, 5) is 17.0. The predicted octanol–water partition coefficient (Wildman–Crippen LogP) is 3.51. The molecule has 2 heterocycles. The monoisotopic (exact) mass is 348 g/mol. The molecule has 1 atom stereocenters. The summed E-state index contributed by atoms with van der Waals surface area (Å²) < 4.78 is 1.06. The first-order chi connectivity index (χ1) is 10.2. The van der Waals surface area contributed by atoms with Crippen LogP contribution in [0.25, 0.3) is 6.08 Å². The maximum Gasteiger partial charge on any atom is 0.247 e. The molecule has 1 aromatic rings. The molecule has 0 spiro atoms. The lowest BCUT2D eigenvalue weighted by atomic mass is 10.2. The average Bonchev–Trinajstić information content (AvgIpc) is 3.16. The summed E-state index contributed by atoms with van der Waals surface area (Å²) in [6.45, 7) is 3.18. The van der Waals surface area contributed by atoms with Crippen molar-refractivity contribution in [2.45, 2.75) is 31.8 Å². The third kappa shape index (κ3) is 3.55. The highest BCUT2D eigenvalue weighted by Crippen LogP contribution is 2.24. The van der Waals surface area contributed by atoms with Crippen LogP contribution in [0.4, 0.5) is 0 Å². The van der Waals surface area contributed by atoms with E-state index in [9.17, 15) is 4.79 Å². The lowest BCUT2D eigenvalue weighted by molar-refractivity contribution is -0.129. The van der Waals surface area contributed by atoms with Crippen molar-refractivity contribution in [1.29, 1.82) is 0 Å². The lowest BCUT2D eigenvalue weighted by Crippen LogP contribution is -2.45. The van der Waals surface area contributed by atoms with Crippen molar-refractivity contribution in [3.8, 4) is 0 Å². The predicted molar refractivity (Wildman–Crippen MR) is 88.7 cm³/mol. The molecule has 0 aromatic heterocycles. The first-order valence-corrected chi connectivity index (χ1v) is 8.52. The van der Waals surface area contributed by atoms with Gasteiger partial charge >= 0.3 is 0 Å². The largest absolute Gasteiger partial charge is 0.323 e. The quantitative estimate of drug-likeness (QED) is 0.780. The molecule has 2 aliphatic rings. The Balaban J connectivity index is 1.65. The number of benzene rings is 1. The summed E-state index contributed by atoms with van der Waals surface area (Å²) in [5, 5.41) is 0. The Morgan fingerprint density at radius 1 is 1.10 bits per heavy atom. The number of nitrogens with zero attached hydrogens (tertiary/aromatic N) is 2. The normalized spacial score (nSPS) is 23.3. The molecule has 2 aliphatic heterocycles. The minimum atomic E-state index is 0.146. The summed E-state index contributed by atoms with van der Waals surface area (Å²) in [7, 11) is 0. The molecule has 2 saturated heterocycles. The molecule has 0 aliphatic carbocycles. The van der Waals surface area contributed by atoms with E-state index in [-0.39, 0.29) is 5.91 Å². The fourth-order valence-corrected chi connectivity index (χ4v) is 3.53. The van der Waals surface area contributed by atoms with Gasteiger partial charge in [-0.1, -0.05) is 28.1 Å². The van der Waals surface area contributed by atoms with E-state index in [1.165, 1.54) is 12.8 Å². The van der Waals surface area contributed by atoms with Gasteiger partial charge in [0, 0.05) is 30.2 Å². The molecular weight excluding hydrogens is 328 g/mol. The molecule has 112 valence electrons. The van der Waals surface area contributed by atoms with E-state index >= 15 is 0 Å². The van der Waals surface area contributed by atoms with Crippen molar-refractivity contribution in [1.82, 2.24) is 9.80 Å². The van der Waals surface area contributed by atoms with Crippen molar-refractivity contribution in [3.05, 3.63) is 40.4 Å². The Labute approximate surface area is 134 Å². The fraction of sp³-hybridized carbons (Fsp3) is 0.471. The highest BCUT2D eigenvalue weighted by molar-refractivity contribution is 9.10. The number of amides is 1. The number of halogens is 1. The van der Waals surface area contributed by atoms with E-state index in [1.54, 1.807) is 6.08 Å². The van der Waals surface area contributed by atoms with Gasteiger partial charge in [0.2, 0.25) is 5.91 Å². The smallest absolute Gasteiger partial charge is 0.247 e. The van der Waals surface area contributed by atoms with E-state index < -0.39 is 0 Å². The molecule has 0 unspecified atom stereocenters. The van der Waals surface area contributed by atoms with Crippen LogP contribution in [0.2, 0.25) is 0 Å². The van der Waals surface area contributed by atoms with Crippen LogP contribution in [-0.2, 0) is 4.79 Å². The van der Waals surface area contributed by atoms with Crippen LogP contribution in [0.3, 0.4) is 0 Å². The molecule has 0 N–H and O–H groups in total. The van der Waals surface area contributed by atoms with Crippen LogP contribution in [0, 0.1) is 0 Å². The lowest BCUT2D eigenvalue weighted by Gasteiger charge is -2.31. The van der Waals surface area contributed by atoms with Crippen LogP contribution < -0.4 is 0 Å². The van der Waals surface area contributed by atoms with Gasteiger partial charge in [0.1, 0.15) is 0 Å². The zero-order valence-corrected chi connectivity index (χ0v) is 13.8. The highest BCUT2D eigenvalue weighted by Gasteiger charge is 2.33. The Morgan fingerprint density at radius 3 is 2.52 bits per heavy atom. The van der Waals surface area contributed by atoms with Gasteiger partial charge in [-0.2, -0.15) is 0 Å². The molecule has 1 amide bonds. The number of hydrogen-bond donors (Lipinski definition) is 0. The van der Waals surface area contributed by atoms with E-state index in [0.29, 0.717) is 6.17 Å². The van der Waals surface area contributed by atoms with Crippen LogP contribution in [0.5, 0.6) is 0 Å². The van der Waals surface area contributed by atoms with Crippen molar-refractivity contribution in [2.24, 2.45) is 0 Å². The second-order valence-electron chi connectivity index (χ2n) is 5.78. The number of hydrogen-bond acceptors (Lipinski definition) is 2. The van der Waals surface area contributed by atoms with Crippen molar-refractivity contribution in [3.63, 3.8) is 0 Å². The van der Waals surface area contributed by atoms with Gasteiger partial charge in [0.15, 0.2) is 0 Å². The Morgan fingerprint density at radius 2 is 1.81 bits per heavy atom. The van der Waals surface area contributed by atoms with E-state index in [0.717, 1.165) is 42.5 Å². The van der Waals surface area contributed by atoms with Crippen molar-refractivity contribution >= 4 is 27.9 Å². The molecular formula is C17H21BrN2O. The van der Waals surface area contributed by atoms with Gasteiger partial charge < -0.3 is 4.90 Å². The average molecular weight is 349 g/mol. The summed E-state index contributed by atoms with van der Waals surface area (Å²) >= 11 is 3.42. The van der Waals surface area contributed by atoms with Crippen molar-refractivity contribution in [2.75, 3.05) is 19.6 Å². The van der Waals surface area contributed by atoms with E-state index in [2.05, 4.69) is 20.8 Å². The van der Waals surface area contributed by atoms with Crippen LogP contribution in [0.15, 0.2) is 34.8 Å². The summed E-state index contributed by atoms with van der Waals surface area (Å²) in [5.41, 5.74) is 1.06. The first kappa shape index (κ1) is 14.8. The molecule has 0 bridgehead atoms. The second-order valence-corrected chi connectivity index (χ2v) is 6.70. The van der Waals surface area contributed by atoms with Gasteiger partial charge in [-0.05, 0) is 49.5 Å². The van der Waals surface area contributed by atoms with E-state index in [4.69, 9.17) is 0 Å². The SMILES string of the molecule is O=C(/C=C/c1ccc(Br)cc1)N1CCC[C@@H]1N1CCCC1. The zero-order valence-electron chi connectivity index (χ0n) is 12.2. The molecule has 2 fully saturated rings. The minimum absolute atomic E-state index is 0.146. The minimum Gasteiger partial charge on any atom is -0.323 e. The van der Waals surface area contributed by atoms with Crippen LogP contribution >= 0.6 is 15.9 Å². The van der Waals surface area contributed by atoms with Crippen LogP contribution in [0.1, 0.15) is 31.2 Å². The van der Waals surface area contributed by atoms with Crippen LogP contribution in [-0.4, -0.2) is 41.5 Å². The number of likely N-dealkylation sites (tertiary alicyclic amines) is 2. The summed E-state index contributed by atoms with van der Waals surface area (Å²) in [5.74, 6) is 0.146. The molecule has 0 radical (unpaired) electrons. The maximum atomic E-state index is 12.5.